The van der Waals surface area contributed by atoms with Crippen molar-refractivity contribution in [1.82, 2.24) is 9.80 Å². The fraction of sp³-hybridized carbons (Fsp3) is 0.500. The summed E-state index contributed by atoms with van der Waals surface area (Å²) < 4.78 is 18.4. The first-order chi connectivity index (χ1) is 12.0. The second kappa shape index (κ2) is 9.48. The predicted molar refractivity (Wildman–Crippen MR) is 101 cm³/mol. The van der Waals surface area contributed by atoms with Crippen LogP contribution in [-0.4, -0.2) is 61.0 Å². The second-order valence-electron chi connectivity index (χ2n) is 7.48. The van der Waals surface area contributed by atoms with Gasteiger partial charge < -0.3 is 14.5 Å². The Bertz CT molecular complexity index is 646. The first-order valence-electron chi connectivity index (χ1n) is 8.57. The number of hydrogen-bond donors (Lipinski definition) is 0. The molecule has 0 spiro atoms. The second-order valence-corrected chi connectivity index (χ2v) is 7.48. The van der Waals surface area contributed by atoms with Gasteiger partial charge in [0.25, 0.3) is 0 Å². The van der Waals surface area contributed by atoms with Crippen LogP contribution in [0.2, 0.25) is 0 Å². The van der Waals surface area contributed by atoms with E-state index < -0.39 is 11.6 Å². The monoisotopic (exact) mass is 364 g/mol. The molecule has 0 saturated heterocycles. The van der Waals surface area contributed by atoms with Crippen molar-refractivity contribution in [2.75, 3.05) is 33.7 Å². The molecule has 0 fully saturated rings. The van der Waals surface area contributed by atoms with E-state index in [0.717, 1.165) is 5.56 Å². The molecule has 1 aromatic rings. The third kappa shape index (κ3) is 8.25. The van der Waals surface area contributed by atoms with Crippen molar-refractivity contribution in [3.05, 3.63) is 41.7 Å². The van der Waals surface area contributed by atoms with Gasteiger partial charge in [0.15, 0.2) is 0 Å². The van der Waals surface area contributed by atoms with Gasteiger partial charge in [0.1, 0.15) is 18.0 Å². The van der Waals surface area contributed by atoms with Crippen LogP contribution in [0.1, 0.15) is 33.3 Å². The maximum absolute atomic E-state index is 13.0. The highest BCUT2D eigenvalue weighted by Crippen LogP contribution is 2.15. The van der Waals surface area contributed by atoms with Crippen molar-refractivity contribution in [2.24, 2.45) is 0 Å². The summed E-state index contributed by atoms with van der Waals surface area (Å²) in [7, 11) is 3.80. The lowest BCUT2D eigenvalue weighted by Gasteiger charge is -2.25. The lowest BCUT2D eigenvalue weighted by atomic mass is 10.1. The van der Waals surface area contributed by atoms with Crippen LogP contribution in [0, 0.1) is 5.82 Å². The Hall–Kier alpha value is -2.21. The van der Waals surface area contributed by atoms with Gasteiger partial charge in [0.05, 0.1) is 0 Å². The topological polar surface area (TPSA) is 49.9 Å². The van der Waals surface area contributed by atoms with Gasteiger partial charge in [-0.05, 0) is 65.1 Å². The zero-order valence-corrected chi connectivity index (χ0v) is 16.5. The van der Waals surface area contributed by atoms with Gasteiger partial charge in [-0.2, -0.15) is 0 Å². The molecule has 0 aromatic heterocycles. The van der Waals surface area contributed by atoms with Crippen molar-refractivity contribution in [3.63, 3.8) is 0 Å². The molecule has 0 bridgehead atoms. The fourth-order valence-electron chi connectivity index (χ4n) is 2.19. The highest BCUT2D eigenvalue weighted by molar-refractivity contribution is 5.96. The molecule has 1 amide bonds. The molecule has 5 nitrogen and oxygen atoms in total. The Labute approximate surface area is 155 Å². The van der Waals surface area contributed by atoms with Gasteiger partial charge >= 0.3 is 5.97 Å². The van der Waals surface area contributed by atoms with Crippen molar-refractivity contribution >= 4 is 17.4 Å². The zero-order valence-electron chi connectivity index (χ0n) is 16.5. The molecule has 0 aliphatic heterocycles. The average Bonchev–Trinajstić information content (AvgIpc) is 2.49. The highest BCUT2D eigenvalue weighted by Gasteiger charge is 2.21. The van der Waals surface area contributed by atoms with Crippen molar-refractivity contribution < 1.29 is 18.7 Å². The lowest BCUT2D eigenvalue weighted by molar-refractivity contribution is -0.158. The molecule has 0 unspecified atom stereocenters. The number of nitrogens with zero attached hydrogens (tertiary/aromatic N) is 2. The number of benzene rings is 1. The van der Waals surface area contributed by atoms with E-state index in [0.29, 0.717) is 18.7 Å². The fourth-order valence-corrected chi connectivity index (χ4v) is 2.19. The molecular formula is C20H29FN2O3. The summed E-state index contributed by atoms with van der Waals surface area (Å²) in [5, 5.41) is 0. The van der Waals surface area contributed by atoms with Crippen LogP contribution >= 0.6 is 0 Å². The van der Waals surface area contributed by atoms with E-state index in [1.807, 2.05) is 19.0 Å². The summed E-state index contributed by atoms with van der Waals surface area (Å²) in [4.78, 5) is 28.2. The third-order valence-electron chi connectivity index (χ3n) is 3.51. The van der Waals surface area contributed by atoms with Crippen LogP contribution in [0.25, 0.3) is 5.57 Å². The number of amides is 1. The molecule has 6 heteroatoms. The number of allylic oxidation sites excluding steroid dienone is 1. The summed E-state index contributed by atoms with van der Waals surface area (Å²) in [5.74, 6) is -1.05. The molecule has 0 N–H and O–H groups in total. The molecule has 0 radical (unpaired) electrons. The summed E-state index contributed by atoms with van der Waals surface area (Å²) in [6.07, 6.45) is 1.47. The number of rotatable bonds is 7. The summed E-state index contributed by atoms with van der Waals surface area (Å²) in [6, 6.07) is 5.93. The molecule has 144 valence electrons. The zero-order chi connectivity index (χ0) is 19.9. The van der Waals surface area contributed by atoms with Gasteiger partial charge in [-0.15, -0.1) is 0 Å². The van der Waals surface area contributed by atoms with E-state index in [9.17, 15) is 14.0 Å². The Morgan fingerprint density at radius 3 is 2.19 bits per heavy atom. The molecule has 0 heterocycles. The third-order valence-corrected chi connectivity index (χ3v) is 3.51. The van der Waals surface area contributed by atoms with E-state index in [1.165, 1.54) is 23.1 Å². The number of esters is 1. The minimum atomic E-state index is -0.604. The first kappa shape index (κ1) is 21.8. The normalized spacial score (nSPS) is 12.2. The van der Waals surface area contributed by atoms with Gasteiger partial charge in [0.2, 0.25) is 5.91 Å². The van der Waals surface area contributed by atoms with Crippen LogP contribution in [0.5, 0.6) is 0 Å². The van der Waals surface area contributed by atoms with Crippen LogP contribution in [0.4, 0.5) is 4.39 Å². The minimum absolute atomic E-state index is 0.114. The number of halogens is 1. The Kier molecular flexibility index (Phi) is 7.96. The summed E-state index contributed by atoms with van der Waals surface area (Å²) >= 11 is 0. The van der Waals surface area contributed by atoms with Crippen LogP contribution in [-0.2, 0) is 14.3 Å². The SMILES string of the molecule is C/C(=C/C(=O)N(CCN(C)C)CC(=O)OC(C)(C)C)c1ccc(F)cc1. The van der Waals surface area contributed by atoms with Crippen molar-refractivity contribution in [1.29, 1.82) is 0 Å². The highest BCUT2D eigenvalue weighted by atomic mass is 19.1. The van der Waals surface area contributed by atoms with Gasteiger partial charge in [0, 0.05) is 19.2 Å². The Morgan fingerprint density at radius 2 is 1.69 bits per heavy atom. The number of carbonyl (C=O) groups is 2. The Morgan fingerprint density at radius 1 is 1.12 bits per heavy atom. The quantitative estimate of drug-likeness (QED) is 0.551. The van der Waals surface area contributed by atoms with Crippen LogP contribution < -0.4 is 0 Å². The number of ether oxygens (including phenoxy) is 1. The van der Waals surface area contributed by atoms with E-state index >= 15 is 0 Å². The summed E-state index contributed by atoms with van der Waals surface area (Å²) in [5.41, 5.74) is 0.853. The lowest BCUT2D eigenvalue weighted by Crippen LogP contribution is -2.41. The Balaban J connectivity index is 2.90. The van der Waals surface area contributed by atoms with Crippen LogP contribution in [0.3, 0.4) is 0 Å². The average molecular weight is 364 g/mol. The molecule has 0 aliphatic carbocycles. The predicted octanol–water partition coefficient (Wildman–Crippen LogP) is 2.96. The largest absolute Gasteiger partial charge is 0.459 e. The number of hydrogen-bond acceptors (Lipinski definition) is 4. The van der Waals surface area contributed by atoms with E-state index in [1.54, 1.807) is 39.8 Å². The molecule has 26 heavy (non-hydrogen) atoms. The van der Waals surface area contributed by atoms with Crippen molar-refractivity contribution in [2.45, 2.75) is 33.3 Å². The minimum Gasteiger partial charge on any atom is -0.459 e. The van der Waals surface area contributed by atoms with Gasteiger partial charge in [-0.1, -0.05) is 12.1 Å². The maximum atomic E-state index is 13.0. The van der Waals surface area contributed by atoms with E-state index in [2.05, 4.69) is 0 Å². The molecule has 0 atom stereocenters. The molecule has 0 aliphatic rings. The summed E-state index contributed by atoms with van der Waals surface area (Å²) in [6.45, 7) is 8.05. The maximum Gasteiger partial charge on any atom is 0.326 e. The van der Waals surface area contributed by atoms with Gasteiger partial charge in [-0.3, -0.25) is 9.59 Å². The van der Waals surface area contributed by atoms with E-state index in [4.69, 9.17) is 4.74 Å². The molecular weight excluding hydrogens is 335 g/mol. The molecule has 1 aromatic carbocycles. The molecule has 0 saturated carbocycles. The standard InChI is InChI=1S/C20H29FN2O3/c1-15(16-7-9-17(21)10-8-16)13-18(24)23(12-11-22(5)6)14-19(25)26-20(2,3)4/h7-10,13H,11-12,14H2,1-6H3/b15-13-. The smallest absolute Gasteiger partial charge is 0.326 e. The number of likely N-dealkylation sites (N-methyl/N-ethyl adjacent to an activating group) is 1. The van der Waals surface area contributed by atoms with Gasteiger partial charge in [-0.25, -0.2) is 4.39 Å². The van der Waals surface area contributed by atoms with Crippen molar-refractivity contribution in [3.8, 4) is 0 Å². The van der Waals surface area contributed by atoms with Crippen LogP contribution in [0.15, 0.2) is 30.3 Å². The number of carbonyl (C=O) groups excluding carboxylic acids is 2. The first-order valence-corrected chi connectivity index (χ1v) is 8.57. The van der Waals surface area contributed by atoms with E-state index in [-0.39, 0.29) is 18.3 Å². The molecule has 1 rings (SSSR count).